The average Bonchev–Trinajstić information content (AvgIpc) is 3.02. The Balaban J connectivity index is 2.02. The number of rotatable bonds is 6. The summed E-state index contributed by atoms with van der Waals surface area (Å²) in [7, 11) is -3.26. The van der Waals surface area contributed by atoms with E-state index in [0.29, 0.717) is 23.4 Å². The van der Waals surface area contributed by atoms with Gasteiger partial charge < -0.3 is 11.1 Å². The van der Waals surface area contributed by atoms with Crippen LogP contribution in [0.2, 0.25) is 0 Å². The molecule has 0 spiro atoms. The Morgan fingerprint density at radius 1 is 1.27 bits per heavy atom. The molecule has 3 N–H and O–H groups in total. The number of hydrogen-bond donors (Lipinski definition) is 2. The summed E-state index contributed by atoms with van der Waals surface area (Å²) >= 11 is 0. The lowest BCUT2D eigenvalue weighted by atomic mass is 10.2. The number of amides is 1. The smallest absolute Gasteiger partial charge is 0.251 e. The Bertz CT molecular complexity index is 603. The van der Waals surface area contributed by atoms with Crippen molar-refractivity contribution < 1.29 is 13.2 Å². The van der Waals surface area contributed by atoms with Gasteiger partial charge in [-0.1, -0.05) is 12.8 Å². The first-order valence-corrected chi connectivity index (χ1v) is 9.33. The van der Waals surface area contributed by atoms with Crippen molar-refractivity contribution in [2.75, 3.05) is 6.54 Å². The topological polar surface area (TPSA) is 89.3 Å². The third-order valence-corrected chi connectivity index (χ3v) is 6.35. The molecule has 122 valence electrons. The number of benzene rings is 1. The molecule has 0 radical (unpaired) electrons. The molecule has 0 bridgehead atoms. The Kier molecular flexibility index (Phi) is 5.58. The monoisotopic (exact) mass is 324 g/mol. The summed E-state index contributed by atoms with van der Waals surface area (Å²) < 4.78 is 24.9. The zero-order chi connectivity index (χ0) is 16.2. The van der Waals surface area contributed by atoms with E-state index in [0.717, 1.165) is 25.7 Å². The zero-order valence-corrected chi connectivity index (χ0v) is 13.7. The molecule has 0 aliphatic heterocycles. The van der Waals surface area contributed by atoms with Gasteiger partial charge in [0.05, 0.1) is 10.1 Å². The molecule has 1 fully saturated rings. The summed E-state index contributed by atoms with van der Waals surface area (Å²) in [5.74, 6) is -0.203. The minimum atomic E-state index is -3.26. The largest absolute Gasteiger partial charge is 0.352 e. The molecular weight excluding hydrogens is 300 g/mol. The SMILES string of the molecule is CC(N)CCNC(=O)c1ccc(S(=O)(=O)C2CCCC2)cc1. The van der Waals surface area contributed by atoms with Crippen molar-refractivity contribution in [3.05, 3.63) is 29.8 Å². The van der Waals surface area contributed by atoms with E-state index in [1.807, 2.05) is 6.92 Å². The van der Waals surface area contributed by atoms with Gasteiger partial charge in [-0.05, 0) is 50.5 Å². The van der Waals surface area contributed by atoms with Crippen molar-refractivity contribution in [3.8, 4) is 0 Å². The highest BCUT2D eigenvalue weighted by Crippen LogP contribution is 2.29. The second kappa shape index (κ2) is 7.24. The van der Waals surface area contributed by atoms with Crippen molar-refractivity contribution >= 4 is 15.7 Å². The Morgan fingerprint density at radius 3 is 2.41 bits per heavy atom. The van der Waals surface area contributed by atoms with Crippen molar-refractivity contribution in [3.63, 3.8) is 0 Å². The van der Waals surface area contributed by atoms with Gasteiger partial charge in [0.2, 0.25) is 0 Å². The van der Waals surface area contributed by atoms with E-state index in [-0.39, 0.29) is 17.2 Å². The Hall–Kier alpha value is -1.40. The number of carbonyl (C=O) groups excluding carboxylic acids is 1. The molecule has 0 saturated heterocycles. The molecule has 0 heterocycles. The number of nitrogens with two attached hydrogens (primary N) is 1. The molecule has 5 nitrogen and oxygen atoms in total. The van der Waals surface area contributed by atoms with Gasteiger partial charge in [0.15, 0.2) is 9.84 Å². The Morgan fingerprint density at radius 2 is 1.86 bits per heavy atom. The van der Waals surface area contributed by atoms with Crippen LogP contribution >= 0.6 is 0 Å². The molecule has 1 aromatic rings. The Labute approximate surface area is 132 Å². The normalized spacial score (nSPS) is 17.4. The van der Waals surface area contributed by atoms with E-state index in [1.165, 1.54) is 12.1 Å². The molecule has 1 aliphatic rings. The van der Waals surface area contributed by atoms with Gasteiger partial charge in [-0.2, -0.15) is 0 Å². The van der Waals surface area contributed by atoms with Crippen molar-refractivity contribution in [1.29, 1.82) is 0 Å². The minimum Gasteiger partial charge on any atom is -0.352 e. The molecule has 6 heteroatoms. The van der Waals surface area contributed by atoms with Crippen molar-refractivity contribution in [1.82, 2.24) is 5.32 Å². The number of hydrogen-bond acceptors (Lipinski definition) is 4. The van der Waals surface area contributed by atoms with E-state index in [9.17, 15) is 13.2 Å². The summed E-state index contributed by atoms with van der Waals surface area (Å²) in [5.41, 5.74) is 6.09. The maximum Gasteiger partial charge on any atom is 0.251 e. The van der Waals surface area contributed by atoms with Crippen LogP contribution < -0.4 is 11.1 Å². The second-order valence-corrected chi connectivity index (χ2v) is 8.23. The van der Waals surface area contributed by atoms with Crippen LogP contribution in [0, 0.1) is 0 Å². The second-order valence-electron chi connectivity index (χ2n) is 6.00. The highest BCUT2D eigenvalue weighted by atomic mass is 32.2. The number of sulfone groups is 1. The third kappa shape index (κ3) is 4.08. The molecule has 1 aromatic carbocycles. The quantitative estimate of drug-likeness (QED) is 0.836. The van der Waals surface area contributed by atoms with Crippen LogP contribution in [0.3, 0.4) is 0 Å². The molecular formula is C16H24N2O3S. The fraction of sp³-hybridized carbons (Fsp3) is 0.562. The first kappa shape index (κ1) is 17.0. The lowest BCUT2D eigenvalue weighted by Crippen LogP contribution is -2.29. The number of carbonyl (C=O) groups is 1. The molecule has 1 atom stereocenters. The van der Waals surface area contributed by atoms with E-state index in [4.69, 9.17) is 5.73 Å². The van der Waals surface area contributed by atoms with Crippen LogP contribution in [-0.2, 0) is 9.84 Å². The molecule has 22 heavy (non-hydrogen) atoms. The van der Waals surface area contributed by atoms with Crippen LogP contribution in [0.1, 0.15) is 49.4 Å². The third-order valence-electron chi connectivity index (χ3n) is 4.07. The fourth-order valence-electron chi connectivity index (χ4n) is 2.70. The van der Waals surface area contributed by atoms with E-state index in [1.54, 1.807) is 12.1 Å². The molecule has 1 saturated carbocycles. The van der Waals surface area contributed by atoms with Crippen LogP contribution in [0.15, 0.2) is 29.2 Å². The fourth-order valence-corrected chi connectivity index (χ4v) is 4.56. The molecule has 1 aliphatic carbocycles. The van der Waals surface area contributed by atoms with E-state index < -0.39 is 9.84 Å². The lowest BCUT2D eigenvalue weighted by Gasteiger charge is -2.12. The highest BCUT2D eigenvalue weighted by Gasteiger charge is 2.30. The summed E-state index contributed by atoms with van der Waals surface area (Å²) in [6.07, 6.45) is 4.14. The number of nitrogens with one attached hydrogen (secondary N) is 1. The lowest BCUT2D eigenvalue weighted by molar-refractivity contribution is 0.0952. The van der Waals surface area contributed by atoms with Gasteiger partial charge in [-0.3, -0.25) is 4.79 Å². The van der Waals surface area contributed by atoms with Gasteiger partial charge >= 0.3 is 0 Å². The average molecular weight is 324 g/mol. The molecule has 1 amide bonds. The van der Waals surface area contributed by atoms with Gasteiger partial charge in [0.1, 0.15) is 0 Å². The van der Waals surface area contributed by atoms with Gasteiger partial charge in [-0.25, -0.2) is 8.42 Å². The van der Waals surface area contributed by atoms with E-state index >= 15 is 0 Å². The summed E-state index contributed by atoms with van der Waals surface area (Å²) in [6.45, 7) is 2.40. The standard InChI is InChI=1S/C16H24N2O3S/c1-12(17)10-11-18-16(19)13-6-8-15(9-7-13)22(20,21)14-4-2-3-5-14/h6-9,12,14H,2-5,10-11,17H2,1H3,(H,18,19). The van der Waals surface area contributed by atoms with E-state index in [2.05, 4.69) is 5.32 Å². The predicted octanol–water partition coefficient (Wildman–Crippen LogP) is 1.87. The van der Waals surface area contributed by atoms with Crippen LogP contribution in [-0.4, -0.2) is 32.2 Å². The predicted molar refractivity (Wildman–Crippen MR) is 86.5 cm³/mol. The van der Waals surface area contributed by atoms with Crippen molar-refractivity contribution in [2.45, 2.75) is 55.2 Å². The minimum absolute atomic E-state index is 0.0410. The molecule has 1 unspecified atom stereocenters. The summed E-state index contributed by atoms with van der Waals surface area (Å²) in [6, 6.07) is 6.26. The maximum atomic E-state index is 12.4. The summed E-state index contributed by atoms with van der Waals surface area (Å²) in [4.78, 5) is 12.3. The molecule has 2 rings (SSSR count). The van der Waals surface area contributed by atoms with Crippen LogP contribution in [0.4, 0.5) is 0 Å². The van der Waals surface area contributed by atoms with Crippen LogP contribution in [0.5, 0.6) is 0 Å². The molecule has 0 aromatic heterocycles. The van der Waals surface area contributed by atoms with Crippen LogP contribution in [0.25, 0.3) is 0 Å². The maximum absolute atomic E-state index is 12.4. The van der Waals surface area contributed by atoms with Crippen molar-refractivity contribution in [2.24, 2.45) is 5.73 Å². The first-order valence-electron chi connectivity index (χ1n) is 7.79. The van der Waals surface area contributed by atoms with Gasteiger partial charge in [-0.15, -0.1) is 0 Å². The highest BCUT2D eigenvalue weighted by molar-refractivity contribution is 7.92. The zero-order valence-electron chi connectivity index (χ0n) is 12.9. The first-order chi connectivity index (χ1) is 10.4. The van der Waals surface area contributed by atoms with Gasteiger partial charge in [0, 0.05) is 18.2 Å². The van der Waals surface area contributed by atoms with Gasteiger partial charge in [0.25, 0.3) is 5.91 Å². The summed E-state index contributed by atoms with van der Waals surface area (Å²) in [5, 5.41) is 2.51.